The van der Waals surface area contributed by atoms with Gasteiger partial charge in [0.25, 0.3) is 0 Å². The lowest BCUT2D eigenvalue weighted by Crippen LogP contribution is -2.03. The fourth-order valence-electron chi connectivity index (χ4n) is 3.10. The summed E-state index contributed by atoms with van der Waals surface area (Å²) in [6, 6.07) is 10.6. The molecule has 1 N–H and O–H groups in total. The van der Waals surface area contributed by atoms with Crippen molar-refractivity contribution in [2.75, 3.05) is 12.4 Å². The van der Waals surface area contributed by atoms with Crippen LogP contribution >= 0.6 is 0 Å². The van der Waals surface area contributed by atoms with Crippen molar-refractivity contribution in [1.82, 2.24) is 24.3 Å². The predicted octanol–water partition coefficient (Wildman–Crippen LogP) is 4.18. The molecule has 7 nitrogen and oxygen atoms in total. The first-order chi connectivity index (χ1) is 14.0. The summed E-state index contributed by atoms with van der Waals surface area (Å²) in [4.78, 5) is 8.80. The van der Waals surface area contributed by atoms with E-state index in [0.29, 0.717) is 23.2 Å². The van der Waals surface area contributed by atoms with E-state index in [1.165, 1.54) is 6.07 Å². The van der Waals surface area contributed by atoms with Crippen LogP contribution in [-0.4, -0.2) is 31.4 Å². The van der Waals surface area contributed by atoms with Crippen LogP contribution in [0.15, 0.2) is 48.9 Å². The van der Waals surface area contributed by atoms with E-state index in [9.17, 15) is 4.39 Å². The summed E-state index contributed by atoms with van der Waals surface area (Å²) in [6.45, 7) is 3.77. The summed E-state index contributed by atoms with van der Waals surface area (Å²) < 4.78 is 23.2. The van der Waals surface area contributed by atoms with Gasteiger partial charge in [0.1, 0.15) is 11.6 Å². The first-order valence-corrected chi connectivity index (χ1v) is 9.09. The van der Waals surface area contributed by atoms with Gasteiger partial charge in [-0.25, -0.2) is 14.1 Å². The molecule has 0 atom stereocenters. The molecule has 29 heavy (non-hydrogen) atoms. The molecule has 0 spiro atoms. The second-order valence-electron chi connectivity index (χ2n) is 6.75. The SMILES string of the molecule is COc1cc(-c2nc(Nc3c(C)cccc3F)n(C)n2)ccc1-n1cnc(C)c1. The number of hydrogen-bond acceptors (Lipinski definition) is 5. The van der Waals surface area contributed by atoms with Crippen molar-refractivity contribution >= 4 is 11.6 Å². The summed E-state index contributed by atoms with van der Waals surface area (Å²) in [7, 11) is 3.38. The lowest BCUT2D eigenvalue weighted by Gasteiger charge is -2.10. The topological polar surface area (TPSA) is 69.8 Å². The van der Waals surface area contributed by atoms with Crippen LogP contribution in [0.2, 0.25) is 0 Å². The maximum atomic E-state index is 14.2. The molecule has 0 saturated carbocycles. The highest BCUT2D eigenvalue weighted by atomic mass is 19.1. The Bertz CT molecular complexity index is 1160. The molecule has 8 heteroatoms. The third-order valence-corrected chi connectivity index (χ3v) is 4.65. The zero-order valence-electron chi connectivity index (χ0n) is 16.6. The van der Waals surface area contributed by atoms with Crippen LogP contribution in [0.5, 0.6) is 5.75 Å². The van der Waals surface area contributed by atoms with E-state index < -0.39 is 0 Å². The van der Waals surface area contributed by atoms with Crippen LogP contribution in [-0.2, 0) is 7.05 Å². The van der Waals surface area contributed by atoms with E-state index in [4.69, 9.17) is 4.74 Å². The third-order valence-electron chi connectivity index (χ3n) is 4.65. The van der Waals surface area contributed by atoms with E-state index >= 15 is 0 Å². The van der Waals surface area contributed by atoms with Gasteiger partial charge in [-0.3, -0.25) is 0 Å². The third kappa shape index (κ3) is 3.56. The van der Waals surface area contributed by atoms with E-state index in [1.54, 1.807) is 31.2 Å². The molecule has 0 fully saturated rings. The van der Waals surface area contributed by atoms with Gasteiger partial charge in [-0.05, 0) is 43.7 Å². The minimum atomic E-state index is -0.337. The van der Waals surface area contributed by atoms with Gasteiger partial charge in [0.05, 0.1) is 30.5 Å². The molecule has 0 unspecified atom stereocenters. The van der Waals surface area contributed by atoms with Crippen molar-refractivity contribution in [2.24, 2.45) is 7.05 Å². The van der Waals surface area contributed by atoms with Crippen LogP contribution in [0.25, 0.3) is 17.1 Å². The number of hydrogen-bond donors (Lipinski definition) is 1. The quantitative estimate of drug-likeness (QED) is 0.552. The molecule has 2 aromatic heterocycles. The molecule has 2 aromatic carbocycles. The maximum absolute atomic E-state index is 14.2. The first-order valence-electron chi connectivity index (χ1n) is 9.09. The fourth-order valence-corrected chi connectivity index (χ4v) is 3.10. The van der Waals surface area contributed by atoms with Crippen LogP contribution in [0, 0.1) is 19.7 Å². The van der Waals surface area contributed by atoms with Gasteiger partial charge >= 0.3 is 0 Å². The Morgan fingerprint density at radius 3 is 2.66 bits per heavy atom. The summed E-state index contributed by atoms with van der Waals surface area (Å²) in [5.41, 5.74) is 3.75. The molecule has 0 aliphatic carbocycles. The second-order valence-corrected chi connectivity index (χ2v) is 6.75. The smallest absolute Gasteiger partial charge is 0.226 e. The number of nitrogens with zero attached hydrogens (tertiary/aromatic N) is 5. The van der Waals surface area contributed by atoms with Gasteiger partial charge in [-0.2, -0.15) is 4.98 Å². The van der Waals surface area contributed by atoms with Gasteiger partial charge in [-0.15, -0.1) is 5.10 Å². The number of benzene rings is 2. The molecule has 4 aromatic rings. The minimum absolute atomic E-state index is 0.337. The molecule has 0 amide bonds. The molecular formula is C21H21FN6O. The molecule has 4 rings (SSSR count). The first kappa shape index (κ1) is 18.7. The molecule has 148 valence electrons. The highest BCUT2D eigenvalue weighted by Gasteiger charge is 2.15. The number of ether oxygens (including phenoxy) is 1. The number of para-hydroxylation sites is 1. The van der Waals surface area contributed by atoms with Gasteiger partial charge in [0, 0.05) is 18.8 Å². The number of aromatic nitrogens is 5. The van der Waals surface area contributed by atoms with Crippen LogP contribution in [0.4, 0.5) is 16.0 Å². The molecule has 0 bridgehead atoms. The zero-order valence-corrected chi connectivity index (χ0v) is 16.6. The number of halogens is 1. The Labute approximate surface area is 167 Å². The van der Waals surface area contributed by atoms with Crippen LogP contribution in [0.3, 0.4) is 0 Å². The lowest BCUT2D eigenvalue weighted by molar-refractivity contribution is 0.413. The Morgan fingerprint density at radius 1 is 1.14 bits per heavy atom. The normalized spacial score (nSPS) is 10.9. The molecule has 2 heterocycles. The molecular weight excluding hydrogens is 371 g/mol. The van der Waals surface area contributed by atoms with Gasteiger partial charge < -0.3 is 14.6 Å². The predicted molar refractivity (Wildman–Crippen MR) is 109 cm³/mol. The number of imidazole rings is 1. The van der Waals surface area contributed by atoms with E-state index in [1.807, 2.05) is 48.9 Å². The maximum Gasteiger partial charge on any atom is 0.226 e. The van der Waals surface area contributed by atoms with Crippen LogP contribution in [0.1, 0.15) is 11.3 Å². The number of aryl methyl sites for hydroxylation is 3. The minimum Gasteiger partial charge on any atom is -0.495 e. The average molecular weight is 392 g/mol. The van der Waals surface area contributed by atoms with Crippen molar-refractivity contribution in [1.29, 1.82) is 0 Å². The Hall–Kier alpha value is -3.68. The van der Waals surface area contributed by atoms with Gasteiger partial charge in [0.2, 0.25) is 5.95 Å². The highest BCUT2D eigenvalue weighted by Crippen LogP contribution is 2.30. The van der Waals surface area contributed by atoms with E-state index in [-0.39, 0.29) is 5.82 Å². The summed E-state index contributed by atoms with van der Waals surface area (Å²) in [6.07, 6.45) is 3.67. The van der Waals surface area contributed by atoms with Crippen molar-refractivity contribution in [3.8, 4) is 22.8 Å². The van der Waals surface area contributed by atoms with Crippen molar-refractivity contribution in [2.45, 2.75) is 13.8 Å². The molecule has 0 aliphatic rings. The number of rotatable bonds is 5. The van der Waals surface area contributed by atoms with Gasteiger partial charge in [0.15, 0.2) is 5.82 Å². The summed E-state index contributed by atoms with van der Waals surface area (Å²) >= 11 is 0. The van der Waals surface area contributed by atoms with Crippen LogP contribution < -0.4 is 10.1 Å². The Morgan fingerprint density at radius 2 is 1.97 bits per heavy atom. The summed E-state index contributed by atoms with van der Waals surface area (Å²) in [5, 5.41) is 7.50. The Kier molecular flexibility index (Phi) is 4.75. The van der Waals surface area contributed by atoms with Crippen molar-refractivity contribution < 1.29 is 9.13 Å². The number of methoxy groups -OCH3 is 1. The molecule has 0 radical (unpaired) electrons. The molecule has 0 aliphatic heterocycles. The zero-order chi connectivity index (χ0) is 20.5. The van der Waals surface area contributed by atoms with Crippen molar-refractivity contribution in [3.63, 3.8) is 0 Å². The average Bonchev–Trinajstić information content (AvgIpc) is 3.30. The second kappa shape index (κ2) is 7.38. The fraction of sp³-hybridized carbons (Fsp3) is 0.190. The highest BCUT2D eigenvalue weighted by molar-refractivity contribution is 5.65. The van der Waals surface area contributed by atoms with Crippen molar-refractivity contribution in [3.05, 3.63) is 66.0 Å². The summed E-state index contributed by atoms with van der Waals surface area (Å²) in [5.74, 6) is 1.29. The van der Waals surface area contributed by atoms with E-state index in [2.05, 4.69) is 20.4 Å². The number of anilines is 2. The largest absolute Gasteiger partial charge is 0.495 e. The monoisotopic (exact) mass is 392 g/mol. The lowest BCUT2D eigenvalue weighted by atomic mass is 10.1. The standard InChI is InChI=1S/C21H21FN6O/c1-13-6-5-7-16(22)19(13)24-21-25-20(26-27(21)3)15-8-9-17(18(10-15)29-4)28-11-14(2)23-12-28/h5-12H,1-4H3,(H,24,25,26). The Balaban J connectivity index is 1.68. The van der Waals surface area contributed by atoms with E-state index in [0.717, 1.165) is 22.5 Å². The molecule has 0 saturated heterocycles. The van der Waals surface area contributed by atoms with Gasteiger partial charge in [-0.1, -0.05) is 12.1 Å². The number of nitrogens with one attached hydrogen (secondary N) is 1.